The summed E-state index contributed by atoms with van der Waals surface area (Å²) in [6.45, 7) is 0. The highest BCUT2D eigenvalue weighted by atomic mass is 14.4. The third-order valence-corrected chi connectivity index (χ3v) is 23.3. The molecule has 0 fully saturated rings. The van der Waals surface area contributed by atoms with E-state index in [2.05, 4.69) is 364 Å². The highest BCUT2D eigenvalue weighted by molar-refractivity contribution is 6.51. The second kappa shape index (κ2) is 22.0. The van der Waals surface area contributed by atoms with E-state index in [0.717, 1.165) is 0 Å². The summed E-state index contributed by atoms with van der Waals surface area (Å²) in [6.07, 6.45) is 0. The Morgan fingerprint density at radius 3 is 0.760 bits per heavy atom. The van der Waals surface area contributed by atoms with E-state index < -0.39 is 0 Å². The number of hydrogen-bond donors (Lipinski definition) is 0. The molecule has 0 bridgehead atoms. The first-order valence-corrected chi connectivity index (χ1v) is 36.4. The van der Waals surface area contributed by atoms with Crippen LogP contribution in [0.3, 0.4) is 0 Å². The fourth-order valence-electron chi connectivity index (χ4n) is 19.2. The standard InChI is InChI=1S/C104H60/c1-8-27-61(28-9-1)68-55-69(62-29-10-2-11-30-62)58-72(57-68)91-100-85-52-48-80-79-47-51-84-96-87(102-98-76-42-23-22-41-74(76)75-45-26-46-83(95(75)98)90(99(84)102)67-39-20-7-21-40-67)54-50-82(93(79)96)81-49-53-86(97(85)94(80)81)101(100)92(73-59-70(63-31-12-3-13-32-63)56-71(60-73)64-33-14-4-15-34-64)104-89(66-37-18-6-19-38-66)78-44-25-24-43-77(78)88(103(91)104)65-35-16-5-17-36-65/h1-60H. The van der Waals surface area contributed by atoms with Gasteiger partial charge in [-0.15, -0.1) is 0 Å². The molecule has 0 unspecified atom stereocenters. The summed E-state index contributed by atoms with van der Waals surface area (Å²) >= 11 is 0. The van der Waals surface area contributed by atoms with Gasteiger partial charge < -0.3 is 0 Å². The molecule has 0 heteroatoms. The molecular weight excluding hydrogens is 1250 g/mol. The van der Waals surface area contributed by atoms with Crippen molar-refractivity contribution in [2.75, 3.05) is 0 Å². The van der Waals surface area contributed by atoms with E-state index >= 15 is 0 Å². The lowest BCUT2D eigenvalue weighted by Crippen LogP contribution is -2.00. The van der Waals surface area contributed by atoms with E-state index in [1.165, 1.54) is 241 Å². The summed E-state index contributed by atoms with van der Waals surface area (Å²) in [6, 6.07) is 138. The first-order chi connectivity index (χ1) is 51.7. The molecule has 0 spiro atoms. The zero-order chi connectivity index (χ0) is 67.8. The number of benzene rings is 20. The molecule has 0 amide bonds. The van der Waals surface area contributed by atoms with Crippen LogP contribution in [-0.4, -0.2) is 0 Å². The van der Waals surface area contributed by atoms with Gasteiger partial charge in [0, 0.05) is 0 Å². The highest BCUT2D eigenvalue weighted by Crippen LogP contribution is 2.64. The SMILES string of the molecule is c1ccc(-c2cc(-c3ccccc3)cc(-c3c4c(c(-c5cc(-c6ccccc6)cc(-c6ccccc6)c5)c5c(-c6ccccc6)c6ccccc6c(-c6ccccc6)c35)-c3ccc5c6ccc7c8c(ccc(c9ccc-4c3c95)c68)c3c(-c4ccccc4)c4cccc5c6ccccc6c(c45)c73)c2)cc1. The molecule has 22 aromatic carbocycles. The first kappa shape index (κ1) is 57.3. The molecule has 1 aliphatic carbocycles. The van der Waals surface area contributed by atoms with Gasteiger partial charge in [0.2, 0.25) is 0 Å². The van der Waals surface area contributed by atoms with Crippen LogP contribution in [0.25, 0.3) is 241 Å². The minimum Gasteiger partial charge on any atom is -0.0622 e. The Hall–Kier alpha value is -13.5. The monoisotopic (exact) mass is 1310 g/mol. The zero-order valence-electron chi connectivity index (χ0n) is 56.6. The summed E-state index contributed by atoms with van der Waals surface area (Å²) in [5, 5.41) is 28.5. The van der Waals surface area contributed by atoms with Crippen LogP contribution in [0.5, 0.6) is 0 Å². The Labute approximate surface area is 600 Å². The molecule has 0 aliphatic heterocycles. The van der Waals surface area contributed by atoms with Gasteiger partial charge >= 0.3 is 0 Å². The van der Waals surface area contributed by atoms with Crippen LogP contribution in [-0.2, 0) is 0 Å². The summed E-state index contributed by atoms with van der Waals surface area (Å²) < 4.78 is 0. The van der Waals surface area contributed by atoms with Crippen molar-refractivity contribution in [1.82, 2.24) is 0 Å². The maximum absolute atomic E-state index is 2.54. The van der Waals surface area contributed by atoms with E-state index in [1.807, 2.05) is 0 Å². The van der Waals surface area contributed by atoms with E-state index in [1.54, 1.807) is 0 Å². The maximum atomic E-state index is 2.54. The minimum absolute atomic E-state index is 1.17. The average Bonchev–Trinajstić information content (AvgIpc) is 1.45. The number of hydrogen-bond acceptors (Lipinski definition) is 0. The fourth-order valence-corrected chi connectivity index (χ4v) is 19.2. The third-order valence-electron chi connectivity index (χ3n) is 23.3. The van der Waals surface area contributed by atoms with Gasteiger partial charge in [-0.05, 0) is 277 Å². The van der Waals surface area contributed by atoms with E-state index in [0.29, 0.717) is 0 Å². The first-order valence-electron chi connectivity index (χ1n) is 36.4. The number of fused-ring (bicyclic) bond motifs is 14. The van der Waals surface area contributed by atoms with Crippen molar-refractivity contribution in [3.8, 4) is 122 Å². The van der Waals surface area contributed by atoms with Crippen molar-refractivity contribution in [2.24, 2.45) is 0 Å². The van der Waals surface area contributed by atoms with Crippen molar-refractivity contribution in [2.45, 2.75) is 0 Å². The van der Waals surface area contributed by atoms with Crippen LogP contribution in [0.15, 0.2) is 364 Å². The molecule has 22 aromatic rings. The normalized spacial score (nSPS) is 12.2. The second-order valence-electron chi connectivity index (χ2n) is 28.6. The van der Waals surface area contributed by atoms with Gasteiger partial charge in [-0.25, -0.2) is 0 Å². The molecule has 23 rings (SSSR count). The largest absolute Gasteiger partial charge is 0.0622 e. The predicted molar refractivity (Wildman–Crippen MR) is 446 cm³/mol. The average molecular weight is 1310 g/mol. The van der Waals surface area contributed by atoms with Gasteiger partial charge in [-0.1, -0.05) is 328 Å². The van der Waals surface area contributed by atoms with Gasteiger partial charge in [-0.3, -0.25) is 0 Å². The molecule has 1 aliphatic rings. The highest BCUT2D eigenvalue weighted by Gasteiger charge is 2.37. The molecule has 0 atom stereocenters. The molecule has 0 nitrogen and oxygen atoms in total. The van der Waals surface area contributed by atoms with Gasteiger partial charge in [-0.2, -0.15) is 0 Å². The Balaban J connectivity index is 0.932. The molecule has 104 heavy (non-hydrogen) atoms. The van der Waals surface area contributed by atoms with Crippen molar-refractivity contribution in [3.63, 3.8) is 0 Å². The van der Waals surface area contributed by atoms with Gasteiger partial charge in [0.1, 0.15) is 0 Å². The molecule has 0 N–H and O–H groups in total. The molecule has 476 valence electrons. The predicted octanol–water partition coefficient (Wildman–Crippen LogP) is 29.3. The quantitative estimate of drug-likeness (QED) is 0.0998. The molecule has 0 aromatic heterocycles. The Bertz CT molecular complexity index is 6900. The van der Waals surface area contributed by atoms with Crippen molar-refractivity contribution >= 4 is 118 Å². The minimum atomic E-state index is 1.17. The third kappa shape index (κ3) is 8.02. The molecular formula is C104H60. The summed E-state index contributed by atoms with van der Waals surface area (Å²) in [5.74, 6) is 0. The van der Waals surface area contributed by atoms with Crippen LogP contribution >= 0.6 is 0 Å². The lowest BCUT2D eigenvalue weighted by Gasteiger charge is -2.27. The molecule has 0 saturated heterocycles. The lowest BCUT2D eigenvalue weighted by molar-refractivity contribution is 1.56. The van der Waals surface area contributed by atoms with Crippen LogP contribution in [0, 0.1) is 0 Å². The van der Waals surface area contributed by atoms with Crippen molar-refractivity contribution in [3.05, 3.63) is 364 Å². The topological polar surface area (TPSA) is 0 Å². The maximum Gasteiger partial charge on any atom is -0.000115 e. The van der Waals surface area contributed by atoms with Crippen LogP contribution in [0.4, 0.5) is 0 Å². The Morgan fingerprint density at radius 1 is 0.0962 bits per heavy atom. The molecule has 0 heterocycles. The fraction of sp³-hybridized carbons (Fsp3) is 0. The Kier molecular flexibility index (Phi) is 12.1. The summed E-state index contributed by atoms with van der Waals surface area (Å²) in [7, 11) is 0. The number of rotatable bonds is 9. The smallest absolute Gasteiger partial charge is 0.000115 e. The van der Waals surface area contributed by atoms with Gasteiger partial charge in [0.25, 0.3) is 0 Å². The summed E-state index contributed by atoms with van der Waals surface area (Å²) in [4.78, 5) is 0. The van der Waals surface area contributed by atoms with E-state index in [-0.39, 0.29) is 0 Å². The second-order valence-corrected chi connectivity index (χ2v) is 28.6. The van der Waals surface area contributed by atoms with Gasteiger partial charge in [0.15, 0.2) is 0 Å². The van der Waals surface area contributed by atoms with Crippen LogP contribution < -0.4 is 0 Å². The lowest BCUT2D eigenvalue weighted by atomic mass is 9.75. The van der Waals surface area contributed by atoms with Crippen LogP contribution in [0.2, 0.25) is 0 Å². The van der Waals surface area contributed by atoms with Crippen molar-refractivity contribution < 1.29 is 0 Å². The van der Waals surface area contributed by atoms with E-state index in [9.17, 15) is 0 Å². The van der Waals surface area contributed by atoms with E-state index in [4.69, 9.17) is 0 Å². The van der Waals surface area contributed by atoms with Crippen molar-refractivity contribution in [1.29, 1.82) is 0 Å². The Morgan fingerprint density at radius 2 is 0.346 bits per heavy atom. The van der Waals surface area contributed by atoms with Crippen LogP contribution in [0.1, 0.15) is 0 Å². The van der Waals surface area contributed by atoms with Gasteiger partial charge in [0.05, 0.1) is 0 Å². The molecule has 0 saturated carbocycles. The summed E-state index contributed by atoms with van der Waals surface area (Å²) in [5.41, 5.74) is 26.5. The molecule has 0 radical (unpaired) electrons. The zero-order valence-corrected chi connectivity index (χ0v) is 56.6.